The van der Waals surface area contributed by atoms with Crippen molar-refractivity contribution in [3.8, 4) is 0 Å². The van der Waals surface area contributed by atoms with Crippen molar-refractivity contribution < 1.29 is 9.59 Å². The molecule has 5 heteroatoms. The number of hydrogen-bond donors (Lipinski definition) is 2. The van der Waals surface area contributed by atoms with Crippen LogP contribution in [0.5, 0.6) is 0 Å². The van der Waals surface area contributed by atoms with Crippen LogP contribution in [0.2, 0.25) is 0 Å². The van der Waals surface area contributed by atoms with Crippen molar-refractivity contribution in [3.63, 3.8) is 0 Å². The van der Waals surface area contributed by atoms with Gasteiger partial charge in [-0.15, -0.1) is 0 Å². The minimum absolute atomic E-state index is 0.0464. The predicted octanol–water partition coefficient (Wildman–Crippen LogP) is 0.751. The molecule has 2 atom stereocenters. The molecule has 2 aliphatic rings. The van der Waals surface area contributed by atoms with E-state index < -0.39 is 0 Å². The Balaban J connectivity index is 1.63. The van der Waals surface area contributed by atoms with Crippen LogP contribution in [0.4, 0.5) is 0 Å². The van der Waals surface area contributed by atoms with Crippen LogP contribution in [-0.2, 0) is 9.59 Å². The van der Waals surface area contributed by atoms with Crippen molar-refractivity contribution in [2.75, 3.05) is 32.7 Å². The van der Waals surface area contributed by atoms with Gasteiger partial charge in [0.1, 0.15) is 0 Å². The molecule has 2 heterocycles. The van der Waals surface area contributed by atoms with Crippen LogP contribution in [0, 0.1) is 11.8 Å². The zero-order valence-corrected chi connectivity index (χ0v) is 12.5. The third-order valence-electron chi connectivity index (χ3n) is 4.28. The molecule has 0 aliphatic carbocycles. The van der Waals surface area contributed by atoms with Gasteiger partial charge in [-0.1, -0.05) is 13.3 Å². The number of hydrogen-bond acceptors (Lipinski definition) is 3. The highest BCUT2D eigenvalue weighted by Crippen LogP contribution is 2.12. The molecule has 20 heavy (non-hydrogen) atoms. The highest BCUT2D eigenvalue weighted by Gasteiger charge is 2.24. The standard InChI is InChI=1S/C15H27N3O2/c1-12(11-18-7-3-2-4-8-18)9-17-15(20)13-5-6-14(19)16-10-13/h12-13H,2-11H2,1H3,(H,16,19)(H,17,20). The number of carbonyl (C=O) groups excluding carboxylic acids is 2. The van der Waals surface area contributed by atoms with Gasteiger partial charge >= 0.3 is 0 Å². The molecule has 0 radical (unpaired) electrons. The lowest BCUT2D eigenvalue weighted by Crippen LogP contribution is -2.45. The van der Waals surface area contributed by atoms with Gasteiger partial charge in [0, 0.05) is 26.1 Å². The quantitative estimate of drug-likeness (QED) is 0.782. The Labute approximate surface area is 121 Å². The molecule has 2 saturated heterocycles. The summed E-state index contributed by atoms with van der Waals surface area (Å²) < 4.78 is 0. The second-order valence-corrected chi connectivity index (χ2v) is 6.25. The lowest BCUT2D eigenvalue weighted by atomic mass is 9.98. The third-order valence-corrected chi connectivity index (χ3v) is 4.28. The van der Waals surface area contributed by atoms with Gasteiger partial charge in [-0.2, -0.15) is 0 Å². The Morgan fingerprint density at radius 3 is 2.80 bits per heavy atom. The van der Waals surface area contributed by atoms with Crippen molar-refractivity contribution in [1.82, 2.24) is 15.5 Å². The molecule has 2 amide bonds. The van der Waals surface area contributed by atoms with Gasteiger partial charge in [0.05, 0.1) is 5.92 Å². The topological polar surface area (TPSA) is 61.4 Å². The van der Waals surface area contributed by atoms with Crippen LogP contribution in [-0.4, -0.2) is 49.4 Å². The van der Waals surface area contributed by atoms with E-state index in [1.54, 1.807) is 0 Å². The summed E-state index contributed by atoms with van der Waals surface area (Å²) >= 11 is 0. The van der Waals surface area contributed by atoms with Crippen LogP contribution in [0.3, 0.4) is 0 Å². The van der Waals surface area contributed by atoms with Gasteiger partial charge in [0.15, 0.2) is 0 Å². The molecule has 0 aromatic carbocycles. The summed E-state index contributed by atoms with van der Waals surface area (Å²) in [7, 11) is 0. The SMILES string of the molecule is CC(CNC(=O)C1CCC(=O)NC1)CN1CCCCC1. The molecule has 0 aromatic heterocycles. The second kappa shape index (κ2) is 7.62. The monoisotopic (exact) mass is 281 g/mol. The average molecular weight is 281 g/mol. The number of nitrogens with one attached hydrogen (secondary N) is 2. The maximum absolute atomic E-state index is 12.0. The van der Waals surface area contributed by atoms with Gasteiger partial charge < -0.3 is 15.5 Å². The first kappa shape index (κ1) is 15.3. The fraction of sp³-hybridized carbons (Fsp3) is 0.867. The van der Waals surface area contributed by atoms with Crippen molar-refractivity contribution in [2.24, 2.45) is 11.8 Å². The minimum Gasteiger partial charge on any atom is -0.355 e. The number of likely N-dealkylation sites (tertiary alicyclic amines) is 1. The van der Waals surface area contributed by atoms with E-state index in [1.165, 1.54) is 32.4 Å². The summed E-state index contributed by atoms with van der Waals surface area (Å²) in [5, 5.41) is 5.80. The highest BCUT2D eigenvalue weighted by atomic mass is 16.2. The first-order valence-electron chi connectivity index (χ1n) is 7.92. The zero-order chi connectivity index (χ0) is 14.4. The van der Waals surface area contributed by atoms with Crippen LogP contribution in [0.15, 0.2) is 0 Å². The van der Waals surface area contributed by atoms with Gasteiger partial charge in [0.25, 0.3) is 0 Å². The molecule has 2 rings (SSSR count). The van der Waals surface area contributed by atoms with Crippen LogP contribution < -0.4 is 10.6 Å². The number of nitrogens with zero attached hydrogens (tertiary/aromatic N) is 1. The lowest BCUT2D eigenvalue weighted by Gasteiger charge is -2.29. The summed E-state index contributed by atoms with van der Waals surface area (Å²) in [4.78, 5) is 25.6. The van der Waals surface area contributed by atoms with Gasteiger partial charge in [0.2, 0.25) is 11.8 Å². The van der Waals surface area contributed by atoms with Crippen molar-refractivity contribution in [3.05, 3.63) is 0 Å². The highest BCUT2D eigenvalue weighted by molar-refractivity contribution is 5.83. The van der Waals surface area contributed by atoms with E-state index in [9.17, 15) is 9.59 Å². The Kier molecular flexibility index (Phi) is 5.83. The van der Waals surface area contributed by atoms with E-state index in [1.807, 2.05) is 0 Å². The van der Waals surface area contributed by atoms with Crippen LogP contribution in [0.25, 0.3) is 0 Å². The molecule has 2 N–H and O–H groups in total. The molecule has 5 nitrogen and oxygen atoms in total. The van der Waals surface area contributed by atoms with Gasteiger partial charge in [-0.25, -0.2) is 0 Å². The van der Waals surface area contributed by atoms with Crippen molar-refractivity contribution in [1.29, 1.82) is 0 Å². The normalized spacial score (nSPS) is 25.9. The van der Waals surface area contributed by atoms with E-state index in [0.29, 0.717) is 25.3 Å². The summed E-state index contributed by atoms with van der Waals surface area (Å²) in [6.45, 7) is 6.89. The van der Waals surface area contributed by atoms with E-state index in [4.69, 9.17) is 0 Å². The zero-order valence-electron chi connectivity index (χ0n) is 12.5. The first-order chi connectivity index (χ1) is 9.65. The molecule has 0 aromatic rings. The van der Waals surface area contributed by atoms with E-state index in [-0.39, 0.29) is 17.7 Å². The van der Waals surface area contributed by atoms with Gasteiger partial charge in [-0.05, 0) is 38.3 Å². The van der Waals surface area contributed by atoms with E-state index >= 15 is 0 Å². The minimum atomic E-state index is -0.0464. The fourth-order valence-electron chi connectivity index (χ4n) is 3.02. The Morgan fingerprint density at radius 1 is 1.40 bits per heavy atom. The Bertz CT molecular complexity index is 330. The molecule has 2 aliphatic heterocycles. The smallest absolute Gasteiger partial charge is 0.224 e. The summed E-state index contributed by atoms with van der Waals surface area (Å²) in [6.07, 6.45) is 5.12. The van der Waals surface area contributed by atoms with Crippen molar-refractivity contribution in [2.45, 2.75) is 39.0 Å². The Hall–Kier alpha value is -1.10. The number of carbonyl (C=O) groups is 2. The van der Waals surface area contributed by atoms with E-state index in [0.717, 1.165) is 13.1 Å². The first-order valence-corrected chi connectivity index (χ1v) is 7.92. The maximum Gasteiger partial charge on any atom is 0.224 e. The maximum atomic E-state index is 12.0. The number of rotatable bonds is 5. The van der Waals surface area contributed by atoms with Crippen molar-refractivity contribution >= 4 is 11.8 Å². The third kappa shape index (κ3) is 4.78. The summed E-state index contributed by atoms with van der Waals surface area (Å²) in [5.41, 5.74) is 0. The number of amides is 2. The largest absolute Gasteiger partial charge is 0.355 e. The predicted molar refractivity (Wildman–Crippen MR) is 78.2 cm³/mol. The molecule has 0 spiro atoms. The molecular formula is C15H27N3O2. The summed E-state index contributed by atoms with van der Waals surface area (Å²) in [5.74, 6) is 0.591. The van der Waals surface area contributed by atoms with Crippen LogP contribution in [0.1, 0.15) is 39.0 Å². The van der Waals surface area contributed by atoms with E-state index in [2.05, 4.69) is 22.5 Å². The van der Waals surface area contributed by atoms with Gasteiger partial charge in [-0.3, -0.25) is 9.59 Å². The molecular weight excluding hydrogens is 254 g/mol. The second-order valence-electron chi connectivity index (χ2n) is 6.25. The average Bonchev–Trinajstić information content (AvgIpc) is 2.46. The molecule has 0 bridgehead atoms. The lowest BCUT2D eigenvalue weighted by molar-refractivity contribution is -0.129. The molecule has 0 saturated carbocycles. The Morgan fingerprint density at radius 2 is 2.15 bits per heavy atom. The number of piperidine rings is 2. The fourth-order valence-corrected chi connectivity index (χ4v) is 3.02. The van der Waals surface area contributed by atoms with Crippen LogP contribution >= 0.6 is 0 Å². The molecule has 114 valence electrons. The molecule has 2 unspecified atom stereocenters. The summed E-state index contributed by atoms with van der Waals surface area (Å²) in [6, 6.07) is 0. The molecule has 2 fully saturated rings.